The van der Waals surface area contributed by atoms with E-state index in [1.807, 2.05) is 4.90 Å². The topological polar surface area (TPSA) is 104 Å². The lowest BCUT2D eigenvalue weighted by atomic mass is 10.0. The van der Waals surface area contributed by atoms with Crippen LogP contribution in [0.3, 0.4) is 0 Å². The maximum atomic E-state index is 13.4. The van der Waals surface area contributed by atoms with Crippen molar-refractivity contribution in [3.63, 3.8) is 0 Å². The number of halogens is 2. The Morgan fingerprint density at radius 2 is 1.56 bits per heavy atom. The molecule has 0 bridgehead atoms. The van der Waals surface area contributed by atoms with E-state index in [0.29, 0.717) is 44.3 Å². The normalized spacial score (nSPS) is 16.9. The molecule has 1 aliphatic heterocycles. The van der Waals surface area contributed by atoms with Crippen molar-refractivity contribution in [2.75, 3.05) is 18.4 Å². The molecule has 1 saturated heterocycles. The SMILES string of the molecule is O=C(Nc1nccnc1C(=O)NC1CCN(C(=O)CC2CCCC2)CC1)c1cc(F)cc(F)c1. The molecule has 2 aromatic rings. The van der Waals surface area contributed by atoms with Gasteiger partial charge in [0, 0.05) is 49.6 Å². The Hall–Kier alpha value is -3.43. The fourth-order valence-corrected chi connectivity index (χ4v) is 4.58. The van der Waals surface area contributed by atoms with E-state index in [1.54, 1.807) is 0 Å². The van der Waals surface area contributed by atoms with E-state index in [0.717, 1.165) is 25.0 Å². The lowest BCUT2D eigenvalue weighted by Crippen LogP contribution is -2.47. The van der Waals surface area contributed by atoms with Gasteiger partial charge >= 0.3 is 0 Å². The monoisotopic (exact) mass is 471 g/mol. The van der Waals surface area contributed by atoms with Gasteiger partial charge in [-0.05, 0) is 43.7 Å². The summed E-state index contributed by atoms with van der Waals surface area (Å²) in [5.74, 6) is -2.56. The Balaban J connectivity index is 1.33. The van der Waals surface area contributed by atoms with Crippen LogP contribution >= 0.6 is 0 Å². The predicted octanol–water partition coefficient (Wildman–Crippen LogP) is 3.31. The summed E-state index contributed by atoms with van der Waals surface area (Å²) in [7, 11) is 0. The number of nitrogens with one attached hydrogen (secondary N) is 2. The molecule has 4 rings (SSSR count). The molecule has 1 saturated carbocycles. The van der Waals surface area contributed by atoms with E-state index < -0.39 is 23.4 Å². The molecule has 0 atom stereocenters. The van der Waals surface area contributed by atoms with Crippen LogP contribution in [0, 0.1) is 17.6 Å². The van der Waals surface area contributed by atoms with Crippen LogP contribution in [0.25, 0.3) is 0 Å². The van der Waals surface area contributed by atoms with Crippen LogP contribution in [-0.4, -0.2) is 51.7 Å². The fraction of sp³-hybridized carbons (Fsp3) is 0.458. The molecular formula is C24H27F2N5O3. The highest BCUT2D eigenvalue weighted by Gasteiger charge is 2.28. The number of amides is 3. The molecule has 8 nitrogen and oxygen atoms in total. The second kappa shape index (κ2) is 10.7. The van der Waals surface area contributed by atoms with Gasteiger partial charge in [0.1, 0.15) is 11.6 Å². The van der Waals surface area contributed by atoms with Crippen molar-refractivity contribution >= 4 is 23.5 Å². The number of carbonyl (C=O) groups is 3. The first-order valence-corrected chi connectivity index (χ1v) is 11.6. The number of hydrogen-bond acceptors (Lipinski definition) is 5. The number of aromatic nitrogens is 2. The lowest BCUT2D eigenvalue weighted by Gasteiger charge is -2.33. The second-order valence-corrected chi connectivity index (χ2v) is 8.85. The number of anilines is 1. The van der Waals surface area contributed by atoms with Crippen LogP contribution in [0.15, 0.2) is 30.6 Å². The molecule has 2 N–H and O–H groups in total. The van der Waals surface area contributed by atoms with Gasteiger partial charge in [-0.15, -0.1) is 0 Å². The minimum Gasteiger partial charge on any atom is -0.348 e. The van der Waals surface area contributed by atoms with Gasteiger partial charge in [0.05, 0.1) is 0 Å². The van der Waals surface area contributed by atoms with E-state index in [9.17, 15) is 23.2 Å². The summed E-state index contributed by atoms with van der Waals surface area (Å²) in [5.41, 5.74) is -0.350. The standard InChI is InChI=1S/C24H27F2N5O3/c25-17-12-16(13-18(26)14-17)23(33)30-22-21(27-7-8-28-22)24(34)29-19-5-9-31(10-6-19)20(32)11-15-3-1-2-4-15/h7-8,12-15,19H,1-6,9-11H2,(H,29,34)(H,28,30,33). The van der Waals surface area contributed by atoms with Crippen LogP contribution < -0.4 is 10.6 Å². The van der Waals surface area contributed by atoms with Crippen LogP contribution in [0.5, 0.6) is 0 Å². The van der Waals surface area contributed by atoms with Crippen LogP contribution in [0.2, 0.25) is 0 Å². The van der Waals surface area contributed by atoms with Crippen molar-refractivity contribution < 1.29 is 23.2 Å². The number of hydrogen-bond donors (Lipinski definition) is 2. The highest BCUT2D eigenvalue weighted by molar-refractivity contribution is 6.07. The number of benzene rings is 1. The molecule has 0 spiro atoms. The molecule has 10 heteroatoms. The minimum atomic E-state index is -0.893. The molecular weight excluding hydrogens is 444 g/mol. The van der Waals surface area contributed by atoms with Gasteiger partial charge < -0.3 is 15.5 Å². The molecule has 2 fully saturated rings. The Morgan fingerprint density at radius 1 is 0.912 bits per heavy atom. The molecule has 180 valence electrons. The first-order valence-electron chi connectivity index (χ1n) is 11.6. The van der Waals surface area contributed by atoms with Crippen molar-refractivity contribution in [1.82, 2.24) is 20.2 Å². The summed E-state index contributed by atoms with van der Waals surface area (Å²) < 4.78 is 26.9. The summed E-state index contributed by atoms with van der Waals surface area (Å²) in [4.78, 5) is 47.7. The smallest absolute Gasteiger partial charge is 0.273 e. The van der Waals surface area contributed by atoms with Gasteiger partial charge in [-0.3, -0.25) is 14.4 Å². The van der Waals surface area contributed by atoms with Gasteiger partial charge in [0.2, 0.25) is 5.91 Å². The van der Waals surface area contributed by atoms with Gasteiger partial charge in [-0.2, -0.15) is 0 Å². The van der Waals surface area contributed by atoms with E-state index in [1.165, 1.54) is 25.2 Å². The van der Waals surface area contributed by atoms with Crippen LogP contribution in [-0.2, 0) is 4.79 Å². The number of rotatable bonds is 6. The van der Waals surface area contributed by atoms with Crippen molar-refractivity contribution in [1.29, 1.82) is 0 Å². The highest BCUT2D eigenvalue weighted by atomic mass is 19.1. The Bertz CT molecular complexity index is 1050. The van der Waals surface area contributed by atoms with Crippen molar-refractivity contribution in [3.8, 4) is 0 Å². The molecule has 2 aliphatic rings. The molecule has 0 unspecified atom stereocenters. The Labute approximate surface area is 196 Å². The molecule has 3 amide bonds. The summed E-state index contributed by atoms with van der Waals surface area (Å²) in [6.45, 7) is 1.15. The highest BCUT2D eigenvalue weighted by Crippen LogP contribution is 2.28. The third-order valence-corrected chi connectivity index (χ3v) is 6.39. The first kappa shape index (κ1) is 23.7. The van der Waals surface area contributed by atoms with Crippen molar-refractivity contribution in [3.05, 3.63) is 53.5 Å². The molecule has 1 aromatic carbocycles. The van der Waals surface area contributed by atoms with E-state index >= 15 is 0 Å². The van der Waals surface area contributed by atoms with E-state index in [4.69, 9.17) is 0 Å². The Morgan fingerprint density at radius 3 is 2.24 bits per heavy atom. The van der Waals surface area contributed by atoms with Gasteiger partial charge in [-0.25, -0.2) is 18.7 Å². The zero-order chi connectivity index (χ0) is 24.1. The predicted molar refractivity (Wildman–Crippen MR) is 120 cm³/mol. The van der Waals surface area contributed by atoms with Crippen molar-refractivity contribution in [2.24, 2.45) is 5.92 Å². The third kappa shape index (κ3) is 5.92. The Kier molecular flexibility index (Phi) is 7.44. The maximum absolute atomic E-state index is 13.4. The molecule has 1 aromatic heterocycles. The van der Waals surface area contributed by atoms with Crippen molar-refractivity contribution in [2.45, 2.75) is 51.0 Å². The fourth-order valence-electron chi connectivity index (χ4n) is 4.58. The number of likely N-dealkylation sites (tertiary alicyclic amines) is 1. The van der Waals surface area contributed by atoms with Gasteiger partial charge in [-0.1, -0.05) is 12.8 Å². The zero-order valence-corrected chi connectivity index (χ0v) is 18.7. The molecule has 0 radical (unpaired) electrons. The zero-order valence-electron chi connectivity index (χ0n) is 18.7. The largest absolute Gasteiger partial charge is 0.348 e. The van der Waals surface area contributed by atoms with Gasteiger partial charge in [0.15, 0.2) is 11.5 Å². The second-order valence-electron chi connectivity index (χ2n) is 8.85. The van der Waals surface area contributed by atoms with Crippen LogP contribution in [0.4, 0.5) is 14.6 Å². The number of nitrogens with zero attached hydrogens (tertiary/aromatic N) is 3. The maximum Gasteiger partial charge on any atom is 0.273 e. The van der Waals surface area contributed by atoms with Gasteiger partial charge in [0.25, 0.3) is 11.8 Å². The summed E-state index contributed by atoms with van der Waals surface area (Å²) in [6, 6.07) is 2.28. The first-order chi connectivity index (χ1) is 16.4. The quantitative estimate of drug-likeness (QED) is 0.673. The molecule has 34 heavy (non-hydrogen) atoms. The minimum absolute atomic E-state index is 0.104. The summed E-state index contributed by atoms with van der Waals surface area (Å²) >= 11 is 0. The average molecular weight is 472 g/mol. The van der Waals surface area contributed by atoms with Crippen LogP contribution in [0.1, 0.15) is 65.8 Å². The number of carbonyl (C=O) groups excluding carboxylic acids is 3. The summed E-state index contributed by atoms with van der Waals surface area (Å²) in [6.07, 6.45) is 9.12. The molecule has 2 heterocycles. The average Bonchev–Trinajstić information content (AvgIpc) is 3.32. The molecule has 1 aliphatic carbocycles. The third-order valence-electron chi connectivity index (χ3n) is 6.39. The summed E-state index contributed by atoms with van der Waals surface area (Å²) in [5, 5.41) is 5.28. The lowest BCUT2D eigenvalue weighted by molar-refractivity contribution is -0.133. The number of piperidine rings is 1. The van der Waals surface area contributed by atoms with E-state index in [-0.39, 0.29) is 29.0 Å². The van der Waals surface area contributed by atoms with E-state index in [2.05, 4.69) is 20.6 Å².